The summed E-state index contributed by atoms with van der Waals surface area (Å²) in [5, 5.41) is 3.68. The summed E-state index contributed by atoms with van der Waals surface area (Å²) in [6.45, 7) is 10.2. The predicted molar refractivity (Wildman–Crippen MR) is 70.0 cm³/mol. The van der Waals surface area contributed by atoms with Gasteiger partial charge in [0.1, 0.15) is 0 Å². The van der Waals surface area contributed by atoms with Crippen LogP contribution in [-0.4, -0.2) is 6.54 Å². The number of aryl methyl sites for hydroxylation is 2. The molecule has 0 radical (unpaired) electrons. The molecule has 1 aromatic carbocycles. The number of fused-ring (bicyclic) bond motifs is 1. The molecule has 1 nitrogen and oxygen atoms in total. The molecule has 0 aromatic heterocycles. The SMILES string of the molecule is CCCNC1CC(C)c2cc(C)cc(C)c21. The summed E-state index contributed by atoms with van der Waals surface area (Å²) in [4.78, 5) is 0. The Kier molecular flexibility index (Phi) is 3.34. The van der Waals surface area contributed by atoms with Gasteiger partial charge in [-0.25, -0.2) is 0 Å². The Balaban J connectivity index is 2.33. The maximum absolute atomic E-state index is 3.68. The van der Waals surface area contributed by atoms with Gasteiger partial charge in [0.2, 0.25) is 0 Å². The molecule has 1 aliphatic rings. The third kappa shape index (κ3) is 2.01. The van der Waals surface area contributed by atoms with Crippen molar-refractivity contribution in [2.45, 2.75) is 52.5 Å². The van der Waals surface area contributed by atoms with E-state index in [4.69, 9.17) is 0 Å². The van der Waals surface area contributed by atoms with Crippen LogP contribution in [0.1, 0.15) is 60.9 Å². The van der Waals surface area contributed by atoms with Gasteiger partial charge in [-0.15, -0.1) is 0 Å². The number of hydrogen-bond donors (Lipinski definition) is 1. The monoisotopic (exact) mass is 217 g/mol. The van der Waals surface area contributed by atoms with Gasteiger partial charge in [0.05, 0.1) is 0 Å². The van der Waals surface area contributed by atoms with Gasteiger partial charge in [-0.3, -0.25) is 0 Å². The van der Waals surface area contributed by atoms with Gasteiger partial charge >= 0.3 is 0 Å². The summed E-state index contributed by atoms with van der Waals surface area (Å²) >= 11 is 0. The Bertz CT molecular complexity index is 381. The number of benzene rings is 1. The van der Waals surface area contributed by atoms with Crippen molar-refractivity contribution in [3.05, 3.63) is 34.4 Å². The van der Waals surface area contributed by atoms with E-state index in [2.05, 4.69) is 45.1 Å². The molecule has 2 unspecified atom stereocenters. The van der Waals surface area contributed by atoms with Crippen LogP contribution in [0.25, 0.3) is 0 Å². The summed E-state index contributed by atoms with van der Waals surface area (Å²) in [6.07, 6.45) is 2.48. The molecule has 16 heavy (non-hydrogen) atoms. The van der Waals surface area contributed by atoms with E-state index in [0.29, 0.717) is 12.0 Å². The van der Waals surface area contributed by atoms with Crippen molar-refractivity contribution in [3.8, 4) is 0 Å². The maximum atomic E-state index is 3.68. The zero-order valence-corrected chi connectivity index (χ0v) is 10.9. The maximum Gasteiger partial charge on any atom is 0.0331 e. The summed E-state index contributed by atoms with van der Waals surface area (Å²) in [6, 6.07) is 5.28. The lowest BCUT2D eigenvalue weighted by atomic mass is 9.97. The fourth-order valence-corrected chi connectivity index (χ4v) is 3.00. The van der Waals surface area contributed by atoms with Crippen molar-refractivity contribution in [2.75, 3.05) is 6.54 Å². The highest BCUT2D eigenvalue weighted by molar-refractivity contribution is 5.45. The van der Waals surface area contributed by atoms with Crippen LogP contribution in [0.4, 0.5) is 0 Å². The highest BCUT2D eigenvalue weighted by atomic mass is 14.9. The van der Waals surface area contributed by atoms with Gasteiger partial charge in [0, 0.05) is 6.04 Å². The second kappa shape index (κ2) is 4.58. The molecule has 0 aliphatic heterocycles. The summed E-state index contributed by atoms with van der Waals surface area (Å²) < 4.78 is 0. The standard InChI is InChI=1S/C15H23N/c1-5-6-16-14-9-11(3)13-8-10(2)7-12(4)15(13)14/h7-8,11,14,16H,5-6,9H2,1-4H3. The lowest BCUT2D eigenvalue weighted by molar-refractivity contribution is 0.504. The Hall–Kier alpha value is -0.820. The first-order chi connectivity index (χ1) is 7.63. The van der Waals surface area contributed by atoms with E-state index >= 15 is 0 Å². The van der Waals surface area contributed by atoms with Crippen LogP contribution >= 0.6 is 0 Å². The third-order valence-electron chi connectivity index (χ3n) is 3.67. The molecule has 0 bridgehead atoms. The Morgan fingerprint density at radius 1 is 1.31 bits per heavy atom. The summed E-state index contributed by atoms with van der Waals surface area (Å²) in [5.41, 5.74) is 6.02. The lowest BCUT2D eigenvalue weighted by Gasteiger charge is -2.16. The molecular formula is C15H23N. The molecule has 0 saturated heterocycles. The Morgan fingerprint density at radius 2 is 2.06 bits per heavy atom. The molecule has 0 fully saturated rings. The highest BCUT2D eigenvalue weighted by Gasteiger charge is 2.29. The quantitative estimate of drug-likeness (QED) is 0.811. The molecule has 0 amide bonds. The minimum atomic E-state index is 0.588. The van der Waals surface area contributed by atoms with Crippen LogP contribution in [-0.2, 0) is 0 Å². The van der Waals surface area contributed by atoms with Crippen molar-refractivity contribution < 1.29 is 0 Å². The average molecular weight is 217 g/mol. The topological polar surface area (TPSA) is 12.0 Å². The largest absolute Gasteiger partial charge is 0.310 e. The first-order valence-electron chi connectivity index (χ1n) is 6.48. The van der Waals surface area contributed by atoms with Gasteiger partial charge in [0.25, 0.3) is 0 Å². The van der Waals surface area contributed by atoms with Crippen molar-refractivity contribution in [3.63, 3.8) is 0 Å². The van der Waals surface area contributed by atoms with Gasteiger partial charge < -0.3 is 5.32 Å². The van der Waals surface area contributed by atoms with Crippen molar-refractivity contribution >= 4 is 0 Å². The van der Waals surface area contributed by atoms with Crippen LogP contribution in [0.15, 0.2) is 12.1 Å². The van der Waals surface area contributed by atoms with E-state index in [1.807, 2.05) is 0 Å². The fraction of sp³-hybridized carbons (Fsp3) is 0.600. The zero-order valence-electron chi connectivity index (χ0n) is 10.9. The van der Waals surface area contributed by atoms with Gasteiger partial charge in [-0.05, 0) is 55.8 Å². The van der Waals surface area contributed by atoms with Crippen LogP contribution in [0, 0.1) is 13.8 Å². The van der Waals surface area contributed by atoms with Crippen LogP contribution in [0.3, 0.4) is 0 Å². The molecule has 1 aromatic rings. The van der Waals surface area contributed by atoms with Gasteiger partial charge in [-0.2, -0.15) is 0 Å². The molecule has 88 valence electrons. The minimum Gasteiger partial charge on any atom is -0.310 e. The van der Waals surface area contributed by atoms with Crippen molar-refractivity contribution in [1.29, 1.82) is 0 Å². The molecular weight excluding hydrogens is 194 g/mol. The highest BCUT2D eigenvalue weighted by Crippen LogP contribution is 2.42. The van der Waals surface area contributed by atoms with Crippen LogP contribution in [0.2, 0.25) is 0 Å². The summed E-state index contributed by atoms with van der Waals surface area (Å²) in [5.74, 6) is 0.711. The molecule has 1 aliphatic carbocycles. The fourth-order valence-electron chi connectivity index (χ4n) is 3.00. The van der Waals surface area contributed by atoms with Crippen LogP contribution < -0.4 is 5.32 Å². The third-order valence-corrected chi connectivity index (χ3v) is 3.67. The lowest BCUT2D eigenvalue weighted by Crippen LogP contribution is -2.20. The van der Waals surface area contributed by atoms with E-state index in [0.717, 1.165) is 6.54 Å². The normalized spacial score (nSPS) is 23.5. The first kappa shape index (κ1) is 11.7. The Labute approximate surface area is 99.3 Å². The van der Waals surface area contributed by atoms with E-state index in [-0.39, 0.29) is 0 Å². The first-order valence-corrected chi connectivity index (χ1v) is 6.48. The number of rotatable bonds is 3. The number of nitrogens with one attached hydrogen (secondary N) is 1. The van der Waals surface area contributed by atoms with Crippen LogP contribution in [0.5, 0.6) is 0 Å². The van der Waals surface area contributed by atoms with E-state index in [1.165, 1.54) is 24.0 Å². The van der Waals surface area contributed by atoms with Crippen molar-refractivity contribution in [1.82, 2.24) is 5.32 Å². The molecule has 0 spiro atoms. The van der Waals surface area contributed by atoms with Gasteiger partial charge in [-0.1, -0.05) is 31.5 Å². The zero-order chi connectivity index (χ0) is 11.7. The summed E-state index contributed by atoms with van der Waals surface area (Å²) in [7, 11) is 0. The second-order valence-corrected chi connectivity index (χ2v) is 5.23. The molecule has 2 atom stereocenters. The average Bonchev–Trinajstić information content (AvgIpc) is 2.53. The minimum absolute atomic E-state index is 0.588. The predicted octanol–water partition coefficient (Wildman–Crippen LogP) is 3.85. The molecule has 0 heterocycles. The van der Waals surface area contributed by atoms with Gasteiger partial charge in [0.15, 0.2) is 0 Å². The second-order valence-electron chi connectivity index (χ2n) is 5.23. The van der Waals surface area contributed by atoms with E-state index < -0.39 is 0 Å². The van der Waals surface area contributed by atoms with E-state index in [1.54, 1.807) is 11.1 Å². The smallest absolute Gasteiger partial charge is 0.0331 e. The Morgan fingerprint density at radius 3 is 2.75 bits per heavy atom. The molecule has 2 rings (SSSR count). The molecule has 1 N–H and O–H groups in total. The number of hydrogen-bond acceptors (Lipinski definition) is 1. The van der Waals surface area contributed by atoms with E-state index in [9.17, 15) is 0 Å². The molecule has 0 saturated carbocycles. The van der Waals surface area contributed by atoms with Crippen molar-refractivity contribution in [2.24, 2.45) is 0 Å². The molecule has 1 heteroatoms.